The first kappa shape index (κ1) is 13.8. The highest BCUT2D eigenvalue weighted by Gasteiger charge is 2.46. The van der Waals surface area contributed by atoms with Crippen molar-refractivity contribution in [1.82, 2.24) is 14.7 Å². The summed E-state index contributed by atoms with van der Waals surface area (Å²) in [5.41, 5.74) is 1.22. The van der Waals surface area contributed by atoms with Gasteiger partial charge in [0.05, 0.1) is 6.20 Å². The molecule has 2 aromatic rings. The van der Waals surface area contributed by atoms with Crippen LogP contribution in [0.5, 0.6) is 0 Å². The highest BCUT2D eigenvalue weighted by atomic mass is 16.4. The maximum atomic E-state index is 11.9. The lowest BCUT2D eigenvalue weighted by molar-refractivity contribution is -0.143. The number of hydrogen-bond acceptors (Lipinski definition) is 3. The summed E-state index contributed by atoms with van der Waals surface area (Å²) < 4.78 is 1.77. The minimum absolute atomic E-state index is 0.543. The summed E-state index contributed by atoms with van der Waals surface area (Å²) in [7, 11) is 1.89. The Morgan fingerprint density at radius 2 is 2.14 bits per heavy atom. The molecule has 1 fully saturated rings. The highest BCUT2D eigenvalue weighted by Crippen LogP contribution is 2.35. The number of carboxylic acid groups (broad SMARTS) is 1. The van der Waals surface area contributed by atoms with E-state index in [-0.39, 0.29) is 0 Å². The van der Waals surface area contributed by atoms with Crippen LogP contribution in [-0.4, -0.2) is 38.8 Å². The SMILES string of the molecule is Cn1cc(CN2CCC(C(=O)O)(c3ccccc3)C2)cn1. The van der Waals surface area contributed by atoms with E-state index in [1.165, 1.54) is 0 Å². The fraction of sp³-hybridized carbons (Fsp3) is 0.375. The van der Waals surface area contributed by atoms with E-state index < -0.39 is 11.4 Å². The summed E-state index contributed by atoms with van der Waals surface area (Å²) in [6, 6.07) is 9.57. The predicted molar refractivity (Wildman–Crippen MR) is 78.9 cm³/mol. The van der Waals surface area contributed by atoms with Crippen molar-refractivity contribution in [3.63, 3.8) is 0 Å². The van der Waals surface area contributed by atoms with Gasteiger partial charge >= 0.3 is 5.97 Å². The van der Waals surface area contributed by atoms with Crippen LogP contribution in [0.2, 0.25) is 0 Å². The van der Waals surface area contributed by atoms with Crippen molar-refractivity contribution >= 4 is 5.97 Å². The summed E-state index contributed by atoms with van der Waals surface area (Å²) >= 11 is 0. The number of carboxylic acids is 1. The molecule has 0 radical (unpaired) electrons. The Kier molecular flexibility index (Phi) is 3.51. The molecule has 110 valence electrons. The summed E-state index contributed by atoms with van der Waals surface area (Å²) in [5.74, 6) is -0.734. The molecule has 5 nitrogen and oxygen atoms in total. The molecule has 1 aliphatic rings. The average molecular weight is 285 g/mol. The van der Waals surface area contributed by atoms with Gasteiger partial charge in [0.25, 0.3) is 0 Å². The van der Waals surface area contributed by atoms with Gasteiger partial charge in [-0.1, -0.05) is 30.3 Å². The predicted octanol–water partition coefficient (Wildman–Crippen LogP) is 1.65. The standard InChI is InChI=1S/C16H19N3O2/c1-18-10-13(9-17-18)11-19-8-7-16(12-19,15(20)21)14-5-3-2-4-6-14/h2-6,9-10H,7-8,11-12H2,1H3,(H,20,21). The van der Waals surface area contributed by atoms with Gasteiger partial charge in [-0.25, -0.2) is 0 Å². The molecular weight excluding hydrogens is 266 g/mol. The highest BCUT2D eigenvalue weighted by molar-refractivity contribution is 5.82. The van der Waals surface area contributed by atoms with E-state index in [0.717, 1.165) is 24.2 Å². The Morgan fingerprint density at radius 3 is 2.76 bits per heavy atom. The Morgan fingerprint density at radius 1 is 1.38 bits per heavy atom. The molecule has 0 aliphatic carbocycles. The van der Waals surface area contributed by atoms with Crippen molar-refractivity contribution in [2.75, 3.05) is 13.1 Å². The summed E-state index contributed by atoms with van der Waals surface area (Å²) in [6.45, 7) is 2.08. The minimum Gasteiger partial charge on any atom is -0.481 e. The monoisotopic (exact) mass is 285 g/mol. The zero-order valence-electron chi connectivity index (χ0n) is 12.1. The van der Waals surface area contributed by atoms with Gasteiger partial charge in [0.1, 0.15) is 5.41 Å². The number of hydrogen-bond donors (Lipinski definition) is 1. The molecule has 3 rings (SSSR count). The molecule has 1 aromatic heterocycles. The Labute approximate surface area is 123 Å². The Hall–Kier alpha value is -2.14. The summed E-state index contributed by atoms with van der Waals surface area (Å²) in [5, 5.41) is 13.9. The Balaban J connectivity index is 1.80. The summed E-state index contributed by atoms with van der Waals surface area (Å²) in [4.78, 5) is 14.1. The van der Waals surface area contributed by atoms with Gasteiger partial charge in [0.2, 0.25) is 0 Å². The molecule has 2 heterocycles. The number of aromatic nitrogens is 2. The van der Waals surface area contributed by atoms with Crippen molar-refractivity contribution < 1.29 is 9.90 Å². The lowest BCUT2D eigenvalue weighted by atomic mass is 9.80. The normalized spacial score (nSPS) is 22.5. The van der Waals surface area contributed by atoms with Gasteiger partial charge in [0, 0.05) is 38.4 Å². The van der Waals surface area contributed by atoms with Crippen molar-refractivity contribution in [3.8, 4) is 0 Å². The van der Waals surface area contributed by atoms with Crippen LogP contribution in [0.3, 0.4) is 0 Å². The first-order valence-corrected chi connectivity index (χ1v) is 7.09. The maximum Gasteiger partial charge on any atom is 0.315 e. The van der Waals surface area contributed by atoms with Gasteiger partial charge in [-0.2, -0.15) is 5.10 Å². The lowest BCUT2D eigenvalue weighted by Gasteiger charge is -2.25. The molecular formula is C16H19N3O2. The number of carbonyl (C=O) groups is 1. The van der Waals surface area contributed by atoms with E-state index in [1.807, 2.05) is 49.8 Å². The molecule has 21 heavy (non-hydrogen) atoms. The maximum absolute atomic E-state index is 11.9. The quantitative estimate of drug-likeness (QED) is 0.928. The fourth-order valence-electron chi connectivity index (χ4n) is 3.13. The van der Waals surface area contributed by atoms with E-state index in [4.69, 9.17) is 0 Å². The van der Waals surface area contributed by atoms with E-state index >= 15 is 0 Å². The second-order valence-electron chi connectivity index (χ2n) is 5.74. The van der Waals surface area contributed by atoms with Crippen molar-refractivity contribution in [2.24, 2.45) is 7.05 Å². The zero-order valence-corrected chi connectivity index (χ0v) is 12.1. The van der Waals surface area contributed by atoms with Gasteiger partial charge in [-0.15, -0.1) is 0 Å². The fourth-order valence-corrected chi connectivity index (χ4v) is 3.13. The number of aliphatic carboxylic acids is 1. The van der Waals surface area contributed by atoms with Crippen LogP contribution in [0.4, 0.5) is 0 Å². The van der Waals surface area contributed by atoms with Gasteiger partial charge in [-0.05, 0) is 12.0 Å². The lowest BCUT2D eigenvalue weighted by Crippen LogP contribution is -2.38. The van der Waals surface area contributed by atoms with E-state index in [9.17, 15) is 9.90 Å². The number of benzene rings is 1. The van der Waals surface area contributed by atoms with Gasteiger partial charge in [-0.3, -0.25) is 14.4 Å². The van der Waals surface area contributed by atoms with Gasteiger partial charge in [0.15, 0.2) is 0 Å². The number of aryl methyl sites for hydroxylation is 1. The average Bonchev–Trinajstić information content (AvgIpc) is 3.08. The van der Waals surface area contributed by atoms with Crippen LogP contribution in [0, 0.1) is 0 Å². The molecule has 0 saturated carbocycles. The molecule has 1 aliphatic heterocycles. The third-order valence-electron chi connectivity index (χ3n) is 4.25. The number of rotatable bonds is 4. The molecule has 1 saturated heterocycles. The van der Waals surface area contributed by atoms with Crippen molar-refractivity contribution in [3.05, 3.63) is 53.9 Å². The zero-order chi connectivity index (χ0) is 14.9. The Bertz CT molecular complexity index is 638. The van der Waals surface area contributed by atoms with Crippen molar-refractivity contribution in [2.45, 2.75) is 18.4 Å². The molecule has 0 spiro atoms. The molecule has 1 N–H and O–H groups in total. The van der Waals surface area contributed by atoms with Crippen LogP contribution >= 0.6 is 0 Å². The third kappa shape index (κ3) is 2.56. The largest absolute Gasteiger partial charge is 0.481 e. The third-order valence-corrected chi connectivity index (χ3v) is 4.25. The van der Waals surface area contributed by atoms with Crippen LogP contribution in [0.15, 0.2) is 42.7 Å². The number of likely N-dealkylation sites (tertiary alicyclic amines) is 1. The second-order valence-corrected chi connectivity index (χ2v) is 5.74. The van der Waals surface area contributed by atoms with E-state index in [0.29, 0.717) is 13.0 Å². The topological polar surface area (TPSA) is 58.4 Å². The molecule has 1 atom stereocenters. The van der Waals surface area contributed by atoms with Crippen molar-refractivity contribution in [1.29, 1.82) is 0 Å². The van der Waals surface area contributed by atoms with Crippen LogP contribution < -0.4 is 0 Å². The summed E-state index contributed by atoms with van der Waals surface area (Å²) in [6.07, 6.45) is 4.46. The number of nitrogens with zero attached hydrogens (tertiary/aromatic N) is 3. The second kappa shape index (κ2) is 5.33. The molecule has 1 unspecified atom stereocenters. The first-order valence-electron chi connectivity index (χ1n) is 7.09. The molecule has 0 bridgehead atoms. The first-order chi connectivity index (χ1) is 10.1. The van der Waals surface area contributed by atoms with E-state index in [2.05, 4.69) is 10.00 Å². The van der Waals surface area contributed by atoms with E-state index in [1.54, 1.807) is 4.68 Å². The smallest absolute Gasteiger partial charge is 0.315 e. The molecule has 0 amide bonds. The minimum atomic E-state index is -0.788. The van der Waals surface area contributed by atoms with Crippen LogP contribution in [0.25, 0.3) is 0 Å². The van der Waals surface area contributed by atoms with Crippen LogP contribution in [0.1, 0.15) is 17.5 Å². The van der Waals surface area contributed by atoms with Gasteiger partial charge < -0.3 is 5.11 Å². The van der Waals surface area contributed by atoms with Crippen LogP contribution in [-0.2, 0) is 23.8 Å². The molecule has 1 aromatic carbocycles. The molecule has 5 heteroatoms.